The number of nitrogens with zero attached hydrogens (tertiary/aromatic N) is 2. The van der Waals surface area contributed by atoms with Crippen LogP contribution in [0.15, 0.2) is 23.9 Å². The maximum absolute atomic E-state index is 8.60. The average molecular weight is 178 g/mol. The summed E-state index contributed by atoms with van der Waals surface area (Å²) in [4.78, 5) is 1.86. The first-order valence-corrected chi connectivity index (χ1v) is 4.21. The second-order valence-electron chi connectivity index (χ2n) is 2.68. The minimum absolute atomic E-state index is 0.0345. The Morgan fingerprint density at radius 2 is 2.58 bits per heavy atom. The third kappa shape index (κ3) is 1.93. The highest BCUT2D eigenvalue weighted by molar-refractivity contribution is 7.78. The summed E-state index contributed by atoms with van der Waals surface area (Å²) in [7, 11) is 1.90. The quantitative estimate of drug-likeness (QED) is 0.604. The zero-order valence-electron chi connectivity index (χ0n) is 6.90. The summed E-state index contributed by atoms with van der Waals surface area (Å²) in [6, 6.07) is 2.20. The van der Waals surface area contributed by atoms with Crippen LogP contribution in [0.5, 0.6) is 0 Å². The Morgan fingerprint density at radius 3 is 3.00 bits per heavy atom. The van der Waals surface area contributed by atoms with Crippen molar-refractivity contribution in [3.63, 3.8) is 0 Å². The van der Waals surface area contributed by atoms with Crippen molar-refractivity contribution in [2.45, 2.75) is 6.42 Å². The van der Waals surface area contributed by atoms with Gasteiger partial charge in [0.1, 0.15) is 0 Å². The highest BCUT2D eigenvalue weighted by Crippen LogP contribution is 2.16. The summed E-state index contributed by atoms with van der Waals surface area (Å²) in [5, 5.41) is 8.60. The Morgan fingerprint density at radius 1 is 1.83 bits per heavy atom. The van der Waals surface area contributed by atoms with E-state index < -0.39 is 0 Å². The van der Waals surface area contributed by atoms with E-state index in [1.165, 1.54) is 0 Å². The normalized spacial score (nSPS) is 21.0. The molecule has 0 saturated carbocycles. The molecule has 62 valence electrons. The molecular weight excluding hydrogens is 168 g/mol. The fraction of sp³-hybridized carbons (Fsp3) is 0.333. The number of allylic oxidation sites excluding steroid dienone is 3. The zero-order chi connectivity index (χ0) is 8.97. The van der Waals surface area contributed by atoms with Gasteiger partial charge in [0.15, 0.2) is 0 Å². The van der Waals surface area contributed by atoms with E-state index in [0.29, 0.717) is 0 Å². The van der Waals surface area contributed by atoms with Gasteiger partial charge in [0.05, 0.1) is 17.5 Å². The van der Waals surface area contributed by atoms with Crippen LogP contribution in [0, 0.1) is 17.2 Å². The van der Waals surface area contributed by atoms with E-state index in [1.807, 2.05) is 30.2 Å². The summed E-state index contributed by atoms with van der Waals surface area (Å²) in [6.45, 7) is 0. The summed E-state index contributed by atoms with van der Waals surface area (Å²) in [5.74, 6) is 0.0345. The second-order valence-corrected chi connectivity index (χ2v) is 2.89. The van der Waals surface area contributed by atoms with E-state index in [4.69, 9.17) is 17.5 Å². The lowest BCUT2D eigenvalue weighted by Crippen LogP contribution is -2.14. The van der Waals surface area contributed by atoms with Crippen LogP contribution in [0.25, 0.3) is 0 Å². The maximum atomic E-state index is 8.60. The number of thiocarbonyl (C=S) groups is 1. The van der Waals surface area contributed by atoms with Gasteiger partial charge in [-0.05, 0) is 12.5 Å². The number of hydrogen-bond donors (Lipinski definition) is 0. The van der Waals surface area contributed by atoms with Gasteiger partial charge in [-0.3, -0.25) is 0 Å². The van der Waals surface area contributed by atoms with Crippen molar-refractivity contribution in [1.82, 2.24) is 4.90 Å². The summed E-state index contributed by atoms with van der Waals surface area (Å²) in [6.07, 6.45) is 6.65. The number of hydrogen-bond acceptors (Lipinski definition) is 2. The second kappa shape index (κ2) is 4.03. The van der Waals surface area contributed by atoms with Crippen LogP contribution in [-0.2, 0) is 0 Å². The van der Waals surface area contributed by atoms with Crippen molar-refractivity contribution in [1.29, 1.82) is 5.26 Å². The Kier molecular flexibility index (Phi) is 3.01. The fourth-order valence-corrected chi connectivity index (χ4v) is 1.15. The molecule has 1 aliphatic carbocycles. The topological polar surface area (TPSA) is 27.0 Å². The monoisotopic (exact) mass is 178 g/mol. The molecule has 1 aliphatic rings. The number of nitriles is 1. The van der Waals surface area contributed by atoms with Crippen molar-refractivity contribution < 1.29 is 0 Å². The van der Waals surface area contributed by atoms with Gasteiger partial charge in [0.2, 0.25) is 0 Å². The van der Waals surface area contributed by atoms with Gasteiger partial charge in [-0.15, -0.1) is 0 Å². The Labute approximate surface area is 77.8 Å². The maximum Gasteiger partial charge on any atom is 0.0700 e. The van der Waals surface area contributed by atoms with Crippen LogP contribution in [0.1, 0.15) is 6.42 Å². The molecule has 0 aromatic heterocycles. The van der Waals surface area contributed by atoms with E-state index in [-0.39, 0.29) is 5.92 Å². The van der Waals surface area contributed by atoms with E-state index in [2.05, 4.69) is 6.07 Å². The third-order valence-corrected chi connectivity index (χ3v) is 2.13. The summed E-state index contributed by atoms with van der Waals surface area (Å²) < 4.78 is 0. The summed E-state index contributed by atoms with van der Waals surface area (Å²) in [5.41, 5.74) is 2.65. The zero-order valence-corrected chi connectivity index (χ0v) is 7.71. The molecule has 0 aromatic rings. The molecule has 0 heterocycles. The molecule has 0 aliphatic heterocycles. The molecule has 1 unspecified atom stereocenters. The van der Waals surface area contributed by atoms with E-state index in [0.717, 1.165) is 12.1 Å². The minimum Gasteiger partial charge on any atom is -0.342 e. The van der Waals surface area contributed by atoms with Crippen molar-refractivity contribution in [3.8, 4) is 6.07 Å². The lowest BCUT2D eigenvalue weighted by molar-refractivity contribution is 0.655. The van der Waals surface area contributed by atoms with Crippen molar-refractivity contribution in [2.24, 2.45) is 5.92 Å². The van der Waals surface area contributed by atoms with Gasteiger partial charge in [-0.25, -0.2) is 0 Å². The fourth-order valence-electron chi connectivity index (χ4n) is 1.03. The van der Waals surface area contributed by atoms with E-state index in [9.17, 15) is 0 Å². The molecule has 0 fully saturated rings. The Hall–Kier alpha value is -1.14. The van der Waals surface area contributed by atoms with E-state index >= 15 is 0 Å². The van der Waals surface area contributed by atoms with Crippen LogP contribution >= 0.6 is 12.2 Å². The predicted octanol–water partition coefficient (Wildman–Crippen LogP) is 1.86. The first-order valence-electron chi connectivity index (χ1n) is 3.74. The van der Waals surface area contributed by atoms with Gasteiger partial charge in [0, 0.05) is 12.7 Å². The molecule has 3 heteroatoms. The van der Waals surface area contributed by atoms with Crippen molar-refractivity contribution in [3.05, 3.63) is 23.9 Å². The molecule has 12 heavy (non-hydrogen) atoms. The molecule has 2 nitrogen and oxygen atoms in total. The molecular formula is C9H10N2S. The minimum atomic E-state index is 0.0345. The first kappa shape index (κ1) is 8.95. The molecule has 0 spiro atoms. The molecule has 1 rings (SSSR count). The molecule has 0 saturated heterocycles. The lowest BCUT2D eigenvalue weighted by atomic mass is 10.0. The third-order valence-electron chi connectivity index (χ3n) is 1.81. The summed E-state index contributed by atoms with van der Waals surface area (Å²) >= 11 is 4.77. The lowest BCUT2D eigenvalue weighted by Gasteiger charge is -2.17. The highest BCUT2D eigenvalue weighted by atomic mass is 32.1. The smallest absolute Gasteiger partial charge is 0.0700 e. The molecule has 0 amide bonds. The van der Waals surface area contributed by atoms with Crippen LogP contribution in [-0.4, -0.2) is 17.4 Å². The highest BCUT2D eigenvalue weighted by Gasteiger charge is 2.08. The molecule has 0 aromatic carbocycles. The van der Waals surface area contributed by atoms with Gasteiger partial charge in [-0.1, -0.05) is 24.4 Å². The van der Waals surface area contributed by atoms with Gasteiger partial charge >= 0.3 is 0 Å². The standard InChI is InChI=1S/C9H10N2S/c1-11(7-12)9-4-2-8(6-10)3-5-9/h2,4-5,7-8H,3H2,1H3. The first-order chi connectivity index (χ1) is 5.77. The SMILES string of the molecule is CN(C=S)C1=CCC(C#N)C=C1. The molecule has 0 bridgehead atoms. The molecule has 1 atom stereocenters. The van der Waals surface area contributed by atoms with Crippen molar-refractivity contribution in [2.75, 3.05) is 7.05 Å². The molecule has 0 N–H and O–H groups in total. The van der Waals surface area contributed by atoms with E-state index in [1.54, 1.807) is 5.49 Å². The van der Waals surface area contributed by atoms with Crippen LogP contribution < -0.4 is 0 Å². The largest absolute Gasteiger partial charge is 0.342 e. The van der Waals surface area contributed by atoms with Gasteiger partial charge < -0.3 is 4.90 Å². The Balaban J connectivity index is 2.65. The van der Waals surface area contributed by atoms with Crippen LogP contribution in [0.3, 0.4) is 0 Å². The predicted molar refractivity (Wildman–Crippen MR) is 52.4 cm³/mol. The Bertz CT molecular complexity index is 273. The molecule has 0 radical (unpaired) electrons. The van der Waals surface area contributed by atoms with Crippen LogP contribution in [0.2, 0.25) is 0 Å². The van der Waals surface area contributed by atoms with Gasteiger partial charge in [-0.2, -0.15) is 5.26 Å². The van der Waals surface area contributed by atoms with Crippen LogP contribution in [0.4, 0.5) is 0 Å². The van der Waals surface area contributed by atoms with Gasteiger partial charge in [0.25, 0.3) is 0 Å². The van der Waals surface area contributed by atoms with Crippen molar-refractivity contribution >= 4 is 17.7 Å². The number of likely N-dealkylation sites (N-methyl/N-ethyl adjacent to an activating group) is 1. The number of rotatable bonds is 2. The average Bonchev–Trinajstić information content (AvgIpc) is 2.17.